The molecule has 148 valence electrons. The van der Waals surface area contributed by atoms with E-state index >= 15 is 0 Å². The van der Waals surface area contributed by atoms with Gasteiger partial charge in [-0.25, -0.2) is 14.8 Å². The fourth-order valence-electron chi connectivity index (χ4n) is 3.55. The highest BCUT2D eigenvalue weighted by molar-refractivity contribution is 6.07. The van der Waals surface area contributed by atoms with Crippen LogP contribution in [0.4, 0.5) is 4.79 Å². The van der Waals surface area contributed by atoms with E-state index in [9.17, 15) is 14.7 Å². The number of benzene rings is 1. The number of rotatable bonds is 6. The number of ether oxygens (including phenoxy) is 1. The molecule has 0 fully saturated rings. The molecule has 1 aromatic carbocycles. The van der Waals surface area contributed by atoms with Gasteiger partial charge in [0, 0.05) is 23.5 Å². The number of fused-ring (bicyclic) bond motifs is 1. The number of pyridine rings is 1. The van der Waals surface area contributed by atoms with Gasteiger partial charge in [0.15, 0.2) is 0 Å². The molecule has 0 saturated heterocycles. The number of nitrogens with zero attached hydrogens (tertiary/aromatic N) is 3. The van der Waals surface area contributed by atoms with Crippen LogP contribution in [0.1, 0.15) is 18.5 Å². The van der Waals surface area contributed by atoms with Gasteiger partial charge in [0.25, 0.3) is 0 Å². The fraction of sp³-hybridized carbons (Fsp3) is 0.238. The molecule has 8 heteroatoms. The maximum Gasteiger partial charge on any atom is 0.341 e. The summed E-state index contributed by atoms with van der Waals surface area (Å²) in [5.74, 6) is -1.25. The first-order chi connectivity index (χ1) is 14.0. The minimum absolute atomic E-state index is 0.291. The fourth-order valence-corrected chi connectivity index (χ4v) is 3.55. The third-order valence-electron chi connectivity index (χ3n) is 4.97. The van der Waals surface area contributed by atoms with Crippen LogP contribution in [0, 0.1) is 5.92 Å². The lowest BCUT2D eigenvalue weighted by Gasteiger charge is -2.28. The van der Waals surface area contributed by atoms with Gasteiger partial charge < -0.3 is 19.7 Å². The van der Waals surface area contributed by atoms with Crippen molar-refractivity contribution in [1.82, 2.24) is 14.9 Å². The van der Waals surface area contributed by atoms with Crippen LogP contribution in [-0.2, 0) is 11.3 Å². The SMILES string of the molecule is CC1=NC(=O)NC(c2ccc(OCCn3ccc4cccnc43)cc2)C1C(=O)O. The third kappa shape index (κ3) is 3.82. The summed E-state index contributed by atoms with van der Waals surface area (Å²) in [6.07, 6.45) is 3.74. The number of hydrogen-bond acceptors (Lipinski definition) is 4. The Labute approximate surface area is 166 Å². The number of carboxylic acid groups (broad SMARTS) is 1. The molecule has 2 atom stereocenters. The molecule has 8 nitrogen and oxygen atoms in total. The number of aliphatic imine (C=N–C) groups is 1. The summed E-state index contributed by atoms with van der Waals surface area (Å²) >= 11 is 0. The molecule has 3 aromatic rings. The summed E-state index contributed by atoms with van der Waals surface area (Å²) in [6.45, 7) is 2.67. The van der Waals surface area contributed by atoms with Crippen molar-refractivity contribution in [2.24, 2.45) is 10.9 Å². The molecule has 0 saturated carbocycles. The first kappa shape index (κ1) is 18.7. The van der Waals surface area contributed by atoms with E-state index in [1.165, 1.54) is 0 Å². The van der Waals surface area contributed by atoms with E-state index in [0.717, 1.165) is 11.0 Å². The normalized spacial score (nSPS) is 18.9. The summed E-state index contributed by atoms with van der Waals surface area (Å²) in [7, 11) is 0. The number of carbonyl (C=O) groups is 2. The average molecular weight is 392 g/mol. The lowest BCUT2D eigenvalue weighted by molar-refractivity contribution is -0.140. The smallest absolute Gasteiger partial charge is 0.341 e. The molecule has 2 N–H and O–H groups in total. The Morgan fingerprint density at radius 1 is 1.24 bits per heavy atom. The Morgan fingerprint density at radius 3 is 2.79 bits per heavy atom. The highest BCUT2D eigenvalue weighted by Crippen LogP contribution is 2.28. The molecule has 0 spiro atoms. The molecule has 2 unspecified atom stereocenters. The Hall–Kier alpha value is -3.68. The minimum Gasteiger partial charge on any atom is -0.492 e. The Morgan fingerprint density at radius 2 is 2.03 bits per heavy atom. The molecule has 2 amide bonds. The summed E-state index contributed by atoms with van der Waals surface area (Å²) in [6, 6.07) is 11.8. The van der Waals surface area contributed by atoms with E-state index in [1.807, 2.05) is 29.0 Å². The second kappa shape index (κ2) is 7.75. The lowest BCUT2D eigenvalue weighted by Crippen LogP contribution is -2.43. The van der Waals surface area contributed by atoms with Crippen molar-refractivity contribution < 1.29 is 19.4 Å². The zero-order chi connectivity index (χ0) is 20.4. The molecule has 0 radical (unpaired) electrons. The Kier molecular flexibility index (Phi) is 4.99. The minimum atomic E-state index is -1.02. The number of hydrogen-bond donors (Lipinski definition) is 2. The molecule has 0 bridgehead atoms. The average Bonchev–Trinajstić information content (AvgIpc) is 3.11. The quantitative estimate of drug-likeness (QED) is 0.671. The highest BCUT2D eigenvalue weighted by atomic mass is 16.5. The van der Waals surface area contributed by atoms with Gasteiger partial charge in [-0.1, -0.05) is 12.1 Å². The van der Waals surface area contributed by atoms with Crippen LogP contribution in [0.25, 0.3) is 11.0 Å². The summed E-state index contributed by atoms with van der Waals surface area (Å²) in [5.41, 5.74) is 1.89. The Balaban J connectivity index is 1.42. The topological polar surface area (TPSA) is 106 Å². The molecule has 29 heavy (non-hydrogen) atoms. The number of carboxylic acids is 1. The molecule has 0 aliphatic carbocycles. The van der Waals surface area contributed by atoms with Gasteiger partial charge in [0.1, 0.15) is 23.9 Å². The van der Waals surface area contributed by atoms with Gasteiger partial charge in [0.05, 0.1) is 12.6 Å². The molecule has 4 rings (SSSR count). The summed E-state index contributed by atoms with van der Waals surface area (Å²) in [4.78, 5) is 31.4. The van der Waals surface area contributed by atoms with Gasteiger partial charge >= 0.3 is 12.0 Å². The second-order valence-corrected chi connectivity index (χ2v) is 6.84. The standard InChI is InChI=1S/C21H20N4O4/c1-13-17(20(26)27)18(24-21(28)23-13)14-4-6-16(7-5-14)29-12-11-25-10-8-15-3-2-9-22-19(15)25/h2-10,17-18H,11-12H2,1H3,(H,24,28)(H,26,27). The van der Waals surface area contributed by atoms with Crippen LogP contribution < -0.4 is 10.1 Å². The van der Waals surface area contributed by atoms with Crippen molar-refractivity contribution in [3.63, 3.8) is 0 Å². The number of carbonyl (C=O) groups excluding carboxylic acids is 1. The number of aromatic nitrogens is 2. The van der Waals surface area contributed by atoms with Crippen LogP contribution in [0.3, 0.4) is 0 Å². The monoisotopic (exact) mass is 392 g/mol. The number of urea groups is 1. The first-order valence-corrected chi connectivity index (χ1v) is 9.24. The van der Waals surface area contributed by atoms with Crippen molar-refractivity contribution in [3.8, 4) is 5.75 Å². The van der Waals surface area contributed by atoms with Crippen LogP contribution in [0.2, 0.25) is 0 Å². The largest absolute Gasteiger partial charge is 0.492 e. The van der Waals surface area contributed by atoms with Gasteiger partial charge in [-0.3, -0.25) is 4.79 Å². The van der Waals surface area contributed by atoms with Gasteiger partial charge in [0.2, 0.25) is 0 Å². The van der Waals surface area contributed by atoms with Crippen molar-refractivity contribution in [2.75, 3.05) is 6.61 Å². The Bertz CT molecular complexity index is 1090. The predicted octanol–water partition coefficient (Wildman–Crippen LogP) is 3.04. The lowest BCUT2D eigenvalue weighted by atomic mass is 9.88. The van der Waals surface area contributed by atoms with Crippen molar-refractivity contribution in [2.45, 2.75) is 19.5 Å². The van der Waals surface area contributed by atoms with Gasteiger partial charge in [-0.15, -0.1) is 0 Å². The van der Waals surface area contributed by atoms with Crippen molar-refractivity contribution in [3.05, 3.63) is 60.4 Å². The second-order valence-electron chi connectivity index (χ2n) is 6.84. The van der Waals surface area contributed by atoms with Gasteiger partial charge in [-0.05, 0) is 42.8 Å². The van der Waals surface area contributed by atoms with E-state index < -0.39 is 24.0 Å². The predicted molar refractivity (Wildman–Crippen MR) is 107 cm³/mol. The van der Waals surface area contributed by atoms with Crippen LogP contribution >= 0.6 is 0 Å². The van der Waals surface area contributed by atoms with E-state index in [1.54, 1.807) is 37.4 Å². The maximum absolute atomic E-state index is 11.7. The third-order valence-corrected chi connectivity index (χ3v) is 4.97. The van der Waals surface area contributed by atoms with Crippen molar-refractivity contribution >= 4 is 28.7 Å². The van der Waals surface area contributed by atoms with E-state index in [4.69, 9.17) is 4.74 Å². The maximum atomic E-state index is 11.7. The van der Waals surface area contributed by atoms with Crippen LogP contribution in [0.15, 0.2) is 59.9 Å². The zero-order valence-electron chi connectivity index (χ0n) is 15.8. The number of amides is 2. The molecule has 1 aliphatic rings. The van der Waals surface area contributed by atoms with E-state index in [2.05, 4.69) is 15.3 Å². The first-order valence-electron chi connectivity index (χ1n) is 9.24. The highest BCUT2D eigenvalue weighted by Gasteiger charge is 2.36. The van der Waals surface area contributed by atoms with E-state index in [-0.39, 0.29) is 0 Å². The molecule has 1 aliphatic heterocycles. The van der Waals surface area contributed by atoms with Crippen LogP contribution in [0.5, 0.6) is 5.75 Å². The molecular weight excluding hydrogens is 372 g/mol. The molecular formula is C21H20N4O4. The van der Waals surface area contributed by atoms with Gasteiger partial charge in [-0.2, -0.15) is 0 Å². The van der Waals surface area contributed by atoms with Crippen molar-refractivity contribution in [1.29, 1.82) is 0 Å². The summed E-state index contributed by atoms with van der Waals surface area (Å²) in [5, 5.41) is 13.2. The van der Waals surface area contributed by atoms with E-state index in [0.29, 0.717) is 30.2 Å². The zero-order valence-corrected chi connectivity index (χ0v) is 15.8. The molecule has 3 heterocycles. The van der Waals surface area contributed by atoms with Crippen LogP contribution in [-0.4, -0.2) is 39.0 Å². The number of aliphatic carboxylic acids is 1. The summed E-state index contributed by atoms with van der Waals surface area (Å²) < 4.78 is 7.84. The number of nitrogens with one attached hydrogen (secondary N) is 1. The molecule has 2 aromatic heterocycles.